The van der Waals surface area contributed by atoms with E-state index in [1.165, 1.54) is 11.0 Å². The maximum absolute atomic E-state index is 14.7. The molecule has 0 aromatic heterocycles. The zero-order chi connectivity index (χ0) is 22.2. The lowest BCUT2D eigenvalue weighted by Gasteiger charge is -2.38. The number of hydrogen-bond acceptors (Lipinski definition) is 6. The molecule has 5 rings (SSSR count). The molecule has 8 nitrogen and oxygen atoms in total. The van der Waals surface area contributed by atoms with Gasteiger partial charge in [0.05, 0.1) is 5.56 Å². The Kier molecular flexibility index (Phi) is 5.86. The van der Waals surface area contributed by atoms with Crippen LogP contribution in [0.4, 0.5) is 10.1 Å². The molecular weight excluding hydrogens is 413 g/mol. The molecule has 4 aliphatic rings. The minimum Gasteiger partial charge on any atom is -0.371 e. The van der Waals surface area contributed by atoms with E-state index in [0.717, 1.165) is 64.3 Å². The molecule has 0 aliphatic carbocycles. The number of nitrogens with one attached hydrogen (secondary N) is 2. The van der Waals surface area contributed by atoms with Crippen LogP contribution >= 0.6 is 0 Å². The van der Waals surface area contributed by atoms with Crippen LogP contribution in [0.25, 0.3) is 0 Å². The third-order valence-electron chi connectivity index (χ3n) is 7.31. The number of imide groups is 1. The monoisotopic (exact) mass is 443 g/mol. The molecule has 0 bridgehead atoms. The van der Waals surface area contributed by atoms with E-state index in [4.69, 9.17) is 0 Å². The molecule has 1 aromatic rings. The number of carbonyl (C=O) groups is 3. The minimum atomic E-state index is -0.732. The fourth-order valence-electron chi connectivity index (χ4n) is 5.53. The number of benzene rings is 1. The van der Waals surface area contributed by atoms with Gasteiger partial charge in [0.1, 0.15) is 11.9 Å². The van der Waals surface area contributed by atoms with Gasteiger partial charge in [0, 0.05) is 70.0 Å². The van der Waals surface area contributed by atoms with Crippen LogP contribution in [0.5, 0.6) is 0 Å². The van der Waals surface area contributed by atoms with Crippen molar-refractivity contribution in [2.45, 2.75) is 38.3 Å². The number of halogens is 1. The van der Waals surface area contributed by atoms with Crippen LogP contribution in [0, 0.1) is 11.7 Å². The number of amides is 3. The Morgan fingerprint density at radius 3 is 2.47 bits per heavy atom. The van der Waals surface area contributed by atoms with Crippen molar-refractivity contribution in [1.82, 2.24) is 20.4 Å². The van der Waals surface area contributed by atoms with E-state index in [1.54, 1.807) is 6.07 Å². The molecule has 3 amide bonds. The molecule has 3 saturated heterocycles. The standard InChI is InChI=1S/C23H30FN5O3/c24-17-1-2-18(28-9-5-15(6-10-28)13-27-11-7-25-8-12-27)16-14-29(23(32)21(16)17)19-3-4-20(30)26-22(19)31/h1-2,15,19,25H,3-14H2,(H,26,30,31). The van der Waals surface area contributed by atoms with Crippen molar-refractivity contribution >= 4 is 23.4 Å². The maximum atomic E-state index is 14.7. The summed E-state index contributed by atoms with van der Waals surface area (Å²) in [6.07, 6.45) is 2.60. The van der Waals surface area contributed by atoms with Crippen LogP contribution in [0.1, 0.15) is 41.6 Å². The number of fused-ring (bicyclic) bond motifs is 1. The van der Waals surface area contributed by atoms with Gasteiger partial charge >= 0.3 is 0 Å². The number of carbonyl (C=O) groups excluding carboxylic acids is 3. The fourth-order valence-corrected chi connectivity index (χ4v) is 5.53. The van der Waals surface area contributed by atoms with Gasteiger partial charge in [0.15, 0.2) is 0 Å². The third kappa shape index (κ3) is 3.99. The van der Waals surface area contributed by atoms with E-state index in [-0.39, 0.29) is 30.9 Å². The number of piperidine rings is 2. The first-order chi connectivity index (χ1) is 15.5. The molecule has 172 valence electrons. The van der Waals surface area contributed by atoms with E-state index in [1.807, 2.05) is 0 Å². The highest BCUT2D eigenvalue weighted by Crippen LogP contribution is 2.37. The lowest BCUT2D eigenvalue weighted by atomic mass is 9.94. The summed E-state index contributed by atoms with van der Waals surface area (Å²) in [5.41, 5.74) is 1.64. The lowest BCUT2D eigenvalue weighted by Crippen LogP contribution is -2.52. The molecule has 2 N–H and O–H groups in total. The van der Waals surface area contributed by atoms with Crippen LogP contribution in [0.15, 0.2) is 12.1 Å². The third-order valence-corrected chi connectivity index (χ3v) is 7.31. The largest absolute Gasteiger partial charge is 0.371 e. The topological polar surface area (TPSA) is 85.0 Å². The first kappa shape index (κ1) is 21.3. The van der Waals surface area contributed by atoms with Gasteiger partial charge in [-0.3, -0.25) is 19.7 Å². The van der Waals surface area contributed by atoms with Crippen molar-refractivity contribution in [3.05, 3.63) is 29.1 Å². The van der Waals surface area contributed by atoms with Crippen molar-refractivity contribution in [2.75, 3.05) is 50.7 Å². The number of nitrogens with zero attached hydrogens (tertiary/aromatic N) is 3. The van der Waals surface area contributed by atoms with Gasteiger partial charge in [-0.05, 0) is 37.3 Å². The van der Waals surface area contributed by atoms with E-state index < -0.39 is 23.7 Å². The molecule has 0 spiro atoms. The predicted molar refractivity (Wildman–Crippen MR) is 117 cm³/mol. The van der Waals surface area contributed by atoms with Gasteiger partial charge in [-0.2, -0.15) is 0 Å². The molecule has 4 heterocycles. The normalized spacial score (nSPS) is 25.3. The Labute approximate surface area is 187 Å². The van der Waals surface area contributed by atoms with E-state index in [2.05, 4.69) is 20.4 Å². The Morgan fingerprint density at radius 1 is 1.00 bits per heavy atom. The molecule has 32 heavy (non-hydrogen) atoms. The Morgan fingerprint density at radius 2 is 1.75 bits per heavy atom. The number of piperazine rings is 1. The van der Waals surface area contributed by atoms with Crippen molar-refractivity contribution < 1.29 is 18.8 Å². The smallest absolute Gasteiger partial charge is 0.258 e. The summed E-state index contributed by atoms with van der Waals surface area (Å²) in [6, 6.07) is 2.41. The first-order valence-corrected chi connectivity index (χ1v) is 11.7. The summed E-state index contributed by atoms with van der Waals surface area (Å²) in [7, 11) is 0. The molecule has 1 aromatic carbocycles. The average Bonchev–Trinajstić information content (AvgIpc) is 3.13. The van der Waals surface area contributed by atoms with Crippen LogP contribution in [-0.4, -0.2) is 79.4 Å². The van der Waals surface area contributed by atoms with Crippen molar-refractivity contribution in [3.8, 4) is 0 Å². The molecule has 1 unspecified atom stereocenters. The summed E-state index contributed by atoms with van der Waals surface area (Å²) in [5.74, 6) is -1.15. The van der Waals surface area contributed by atoms with Gasteiger partial charge in [0.2, 0.25) is 11.8 Å². The van der Waals surface area contributed by atoms with Crippen molar-refractivity contribution in [3.63, 3.8) is 0 Å². The molecular formula is C23H30FN5O3. The SMILES string of the molecule is O=C1CCC(N2Cc3c(N4CCC(CN5CCNCC5)CC4)ccc(F)c3C2=O)C(=O)N1. The maximum Gasteiger partial charge on any atom is 0.258 e. The second-order valence-corrected chi connectivity index (χ2v) is 9.30. The summed E-state index contributed by atoms with van der Waals surface area (Å²) in [5, 5.41) is 5.69. The molecule has 9 heteroatoms. The van der Waals surface area contributed by atoms with Crippen LogP contribution in [0.3, 0.4) is 0 Å². The van der Waals surface area contributed by atoms with Gasteiger partial charge in [-0.25, -0.2) is 4.39 Å². The Hall–Kier alpha value is -2.52. The fraction of sp³-hybridized carbons (Fsp3) is 0.609. The molecule has 4 aliphatic heterocycles. The van der Waals surface area contributed by atoms with Crippen LogP contribution < -0.4 is 15.5 Å². The highest BCUT2D eigenvalue weighted by Gasteiger charge is 2.42. The van der Waals surface area contributed by atoms with E-state index in [9.17, 15) is 18.8 Å². The minimum absolute atomic E-state index is 0.0788. The predicted octanol–water partition coefficient (Wildman–Crippen LogP) is 0.708. The zero-order valence-electron chi connectivity index (χ0n) is 18.2. The first-order valence-electron chi connectivity index (χ1n) is 11.7. The molecule has 1 atom stereocenters. The van der Waals surface area contributed by atoms with Crippen LogP contribution in [0.2, 0.25) is 0 Å². The number of rotatable bonds is 4. The average molecular weight is 444 g/mol. The van der Waals surface area contributed by atoms with Gasteiger partial charge < -0.3 is 20.0 Å². The Balaban J connectivity index is 1.29. The lowest BCUT2D eigenvalue weighted by molar-refractivity contribution is -0.136. The van der Waals surface area contributed by atoms with E-state index >= 15 is 0 Å². The molecule has 0 saturated carbocycles. The summed E-state index contributed by atoms with van der Waals surface area (Å²) >= 11 is 0. The summed E-state index contributed by atoms with van der Waals surface area (Å²) < 4.78 is 14.7. The van der Waals surface area contributed by atoms with Gasteiger partial charge in [-0.1, -0.05) is 0 Å². The number of anilines is 1. The van der Waals surface area contributed by atoms with Crippen LogP contribution in [-0.2, 0) is 16.1 Å². The Bertz CT molecular complexity index is 924. The second kappa shape index (κ2) is 8.78. The van der Waals surface area contributed by atoms with E-state index in [0.29, 0.717) is 11.5 Å². The molecule has 0 radical (unpaired) electrons. The molecule has 3 fully saturated rings. The summed E-state index contributed by atoms with van der Waals surface area (Å²) in [6.45, 7) is 7.39. The van der Waals surface area contributed by atoms with Crippen molar-refractivity contribution in [1.29, 1.82) is 0 Å². The highest BCUT2D eigenvalue weighted by atomic mass is 19.1. The van der Waals surface area contributed by atoms with Crippen molar-refractivity contribution in [2.24, 2.45) is 5.92 Å². The van der Waals surface area contributed by atoms with Gasteiger partial charge in [-0.15, -0.1) is 0 Å². The summed E-state index contributed by atoms with van der Waals surface area (Å²) in [4.78, 5) is 43.1. The quantitative estimate of drug-likeness (QED) is 0.667. The second-order valence-electron chi connectivity index (χ2n) is 9.30. The number of hydrogen-bond donors (Lipinski definition) is 2. The zero-order valence-corrected chi connectivity index (χ0v) is 18.2. The highest BCUT2D eigenvalue weighted by molar-refractivity contribution is 6.06. The van der Waals surface area contributed by atoms with Gasteiger partial charge in [0.25, 0.3) is 5.91 Å².